The molecule has 1 aromatic rings. The summed E-state index contributed by atoms with van der Waals surface area (Å²) < 4.78 is 10.7. The van der Waals surface area contributed by atoms with Gasteiger partial charge in [-0.3, -0.25) is 0 Å². The van der Waals surface area contributed by atoms with E-state index in [9.17, 15) is 0 Å². The number of nitrogens with one attached hydrogen (secondary N) is 1. The second-order valence-corrected chi connectivity index (χ2v) is 5.48. The van der Waals surface area contributed by atoms with E-state index in [-0.39, 0.29) is 5.54 Å². The van der Waals surface area contributed by atoms with Crippen LogP contribution in [0.2, 0.25) is 0 Å². The van der Waals surface area contributed by atoms with E-state index in [1.807, 2.05) is 19.2 Å². The first-order valence-electron chi connectivity index (χ1n) is 6.47. The fraction of sp³-hybridized carbons (Fsp3) is 0.600. The molecule has 4 nitrogen and oxygen atoms in total. The van der Waals surface area contributed by atoms with Crippen LogP contribution in [0, 0.1) is 6.92 Å². The Balaban J connectivity index is 3.06. The summed E-state index contributed by atoms with van der Waals surface area (Å²) in [7, 11) is 7.39. The van der Waals surface area contributed by atoms with Gasteiger partial charge in [0.1, 0.15) is 0 Å². The molecule has 1 aromatic carbocycles. The lowest BCUT2D eigenvalue weighted by Crippen LogP contribution is -2.46. The third-order valence-corrected chi connectivity index (χ3v) is 3.42. The number of nitrogens with zero attached hydrogens (tertiary/aromatic N) is 1. The number of benzene rings is 1. The number of aryl methyl sites for hydroxylation is 1. The van der Waals surface area contributed by atoms with Gasteiger partial charge < -0.3 is 19.7 Å². The highest BCUT2D eigenvalue weighted by molar-refractivity contribution is 5.61. The van der Waals surface area contributed by atoms with Crippen LogP contribution < -0.4 is 19.7 Å². The normalized spacial score (nSPS) is 11.3. The minimum Gasteiger partial charge on any atom is -0.493 e. The van der Waals surface area contributed by atoms with Crippen LogP contribution >= 0.6 is 0 Å². The summed E-state index contributed by atoms with van der Waals surface area (Å²) in [5.41, 5.74) is 2.38. The van der Waals surface area contributed by atoms with Crippen LogP contribution in [0.25, 0.3) is 0 Å². The Morgan fingerprint density at radius 3 is 2.16 bits per heavy atom. The van der Waals surface area contributed by atoms with Crippen molar-refractivity contribution >= 4 is 5.69 Å². The molecule has 0 aliphatic carbocycles. The molecular weight excluding hydrogens is 240 g/mol. The highest BCUT2D eigenvalue weighted by Gasteiger charge is 2.19. The van der Waals surface area contributed by atoms with Crippen molar-refractivity contribution in [3.63, 3.8) is 0 Å². The zero-order valence-electron chi connectivity index (χ0n) is 13.1. The van der Waals surface area contributed by atoms with Crippen LogP contribution in [0.1, 0.15) is 19.4 Å². The summed E-state index contributed by atoms with van der Waals surface area (Å²) in [5.74, 6) is 1.53. The Hall–Kier alpha value is -1.42. The van der Waals surface area contributed by atoms with Crippen molar-refractivity contribution in [2.75, 3.05) is 39.8 Å². The smallest absolute Gasteiger partial charge is 0.162 e. The van der Waals surface area contributed by atoms with E-state index in [0.29, 0.717) is 0 Å². The van der Waals surface area contributed by atoms with Crippen LogP contribution in [-0.2, 0) is 0 Å². The molecule has 1 N–H and O–H groups in total. The Morgan fingerprint density at radius 2 is 1.68 bits per heavy atom. The van der Waals surface area contributed by atoms with Crippen molar-refractivity contribution in [1.29, 1.82) is 0 Å². The molecular formula is C15H26N2O2. The number of ether oxygens (including phenoxy) is 2. The van der Waals surface area contributed by atoms with Crippen LogP contribution in [0.15, 0.2) is 12.1 Å². The lowest BCUT2D eigenvalue weighted by atomic mass is 10.0. The zero-order chi connectivity index (χ0) is 14.6. The Kier molecular flexibility index (Phi) is 5.06. The molecule has 0 amide bonds. The first-order valence-corrected chi connectivity index (χ1v) is 6.47. The van der Waals surface area contributed by atoms with Crippen molar-refractivity contribution < 1.29 is 9.47 Å². The first kappa shape index (κ1) is 15.6. The van der Waals surface area contributed by atoms with Crippen molar-refractivity contribution in [3.8, 4) is 11.5 Å². The number of hydrogen-bond donors (Lipinski definition) is 1. The number of rotatable bonds is 6. The molecule has 0 spiro atoms. The number of likely N-dealkylation sites (N-methyl/N-ethyl adjacent to an activating group) is 2. The van der Waals surface area contributed by atoms with Gasteiger partial charge in [-0.05, 0) is 39.4 Å². The van der Waals surface area contributed by atoms with E-state index in [0.717, 1.165) is 23.7 Å². The van der Waals surface area contributed by atoms with E-state index in [4.69, 9.17) is 9.47 Å². The Morgan fingerprint density at radius 1 is 1.16 bits per heavy atom. The number of hydrogen-bond acceptors (Lipinski definition) is 4. The molecule has 0 unspecified atom stereocenters. The summed E-state index contributed by atoms with van der Waals surface area (Å²) in [6, 6.07) is 4.04. The van der Waals surface area contributed by atoms with Gasteiger partial charge in [0.15, 0.2) is 11.5 Å². The van der Waals surface area contributed by atoms with Crippen molar-refractivity contribution in [3.05, 3.63) is 17.7 Å². The molecule has 4 heteroatoms. The summed E-state index contributed by atoms with van der Waals surface area (Å²) in [4.78, 5) is 2.23. The van der Waals surface area contributed by atoms with Gasteiger partial charge in [-0.2, -0.15) is 0 Å². The maximum Gasteiger partial charge on any atom is 0.162 e. The van der Waals surface area contributed by atoms with E-state index in [1.54, 1.807) is 14.2 Å². The molecule has 108 valence electrons. The summed E-state index contributed by atoms with van der Waals surface area (Å²) in [6.07, 6.45) is 0. The molecule has 0 fully saturated rings. The highest BCUT2D eigenvalue weighted by atomic mass is 16.5. The van der Waals surface area contributed by atoms with Crippen LogP contribution in [-0.4, -0.2) is 40.4 Å². The van der Waals surface area contributed by atoms with Gasteiger partial charge in [0.25, 0.3) is 0 Å². The number of methoxy groups -OCH3 is 2. The summed E-state index contributed by atoms with van der Waals surface area (Å²) in [5, 5.41) is 3.31. The molecule has 19 heavy (non-hydrogen) atoms. The van der Waals surface area contributed by atoms with E-state index in [1.165, 1.54) is 5.56 Å². The quantitative estimate of drug-likeness (QED) is 0.857. The SMILES string of the molecule is CNC(C)(C)CN(C)c1cc(OC)c(OC)cc1C. The van der Waals surface area contributed by atoms with Gasteiger partial charge in [0.05, 0.1) is 14.2 Å². The molecule has 0 saturated heterocycles. The standard InChI is InChI=1S/C15H26N2O2/c1-11-8-13(18-6)14(19-7)9-12(11)17(5)10-15(2,3)16-4/h8-9,16H,10H2,1-7H3. The molecule has 0 aromatic heterocycles. The van der Waals surface area contributed by atoms with Gasteiger partial charge in [-0.1, -0.05) is 0 Å². The largest absolute Gasteiger partial charge is 0.493 e. The minimum absolute atomic E-state index is 0.0500. The predicted molar refractivity (Wildman–Crippen MR) is 80.7 cm³/mol. The fourth-order valence-corrected chi connectivity index (χ4v) is 2.14. The van der Waals surface area contributed by atoms with Gasteiger partial charge in [-0.15, -0.1) is 0 Å². The van der Waals surface area contributed by atoms with Crippen molar-refractivity contribution in [2.24, 2.45) is 0 Å². The van der Waals surface area contributed by atoms with Gasteiger partial charge in [0.2, 0.25) is 0 Å². The maximum absolute atomic E-state index is 5.37. The minimum atomic E-state index is 0.0500. The molecule has 0 aliphatic heterocycles. The summed E-state index contributed by atoms with van der Waals surface area (Å²) in [6.45, 7) is 7.35. The van der Waals surface area contributed by atoms with Gasteiger partial charge in [0, 0.05) is 30.9 Å². The molecule has 1 rings (SSSR count). The monoisotopic (exact) mass is 266 g/mol. The zero-order valence-corrected chi connectivity index (χ0v) is 13.1. The number of anilines is 1. The molecule has 0 radical (unpaired) electrons. The Bertz CT molecular complexity index is 430. The third kappa shape index (κ3) is 3.77. The lowest BCUT2D eigenvalue weighted by molar-refractivity contribution is 0.354. The van der Waals surface area contributed by atoms with Crippen molar-refractivity contribution in [2.45, 2.75) is 26.3 Å². The summed E-state index contributed by atoms with van der Waals surface area (Å²) >= 11 is 0. The fourth-order valence-electron chi connectivity index (χ4n) is 2.14. The average Bonchev–Trinajstić information content (AvgIpc) is 2.37. The van der Waals surface area contributed by atoms with Crippen LogP contribution in [0.3, 0.4) is 0 Å². The average molecular weight is 266 g/mol. The lowest BCUT2D eigenvalue weighted by Gasteiger charge is -2.32. The second-order valence-electron chi connectivity index (χ2n) is 5.48. The predicted octanol–water partition coefficient (Wildman–Crippen LogP) is 2.45. The van der Waals surface area contributed by atoms with E-state index >= 15 is 0 Å². The van der Waals surface area contributed by atoms with E-state index in [2.05, 4.69) is 38.0 Å². The Labute approximate surface area is 116 Å². The molecule has 0 atom stereocenters. The molecule has 0 saturated carbocycles. The first-order chi connectivity index (χ1) is 8.84. The maximum atomic E-state index is 5.37. The highest BCUT2D eigenvalue weighted by Crippen LogP contribution is 2.34. The van der Waals surface area contributed by atoms with E-state index < -0.39 is 0 Å². The van der Waals surface area contributed by atoms with Gasteiger partial charge >= 0.3 is 0 Å². The molecule has 0 heterocycles. The molecule has 0 aliphatic rings. The van der Waals surface area contributed by atoms with Gasteiger partial charge in [-0.25, -0.2) is 0 Å². The molecule has 0 bridgehead atoms. The topological polar surface area (TPSA) is 33.7 Å². The van der Waals surface area contributed by atoms with Crippen LogP contribution in [0.4, 0.5) is 5.69 Å². The van der Waals surface area contributed by atoms with Crippen molar-refractivity contribution in [1.82, 2.24) is 5.32 Å². The second kappa shape index (κ2) is 6.15. The third-order valence-electron chi connectivity index (χ3n) is 3.42. The van der Waals surface area contributed by atoms with Crippen LogP contribution in [0.5, 0.6) is 11.5 Å².